The van der Waals surface area contributed by atoms with Crippen molar-refractivity contribution in [2.75, 3.05) is 6.61 Å². The number of aliphatic hydroxyl groups excluding tert-OH is 2. The number of rotatable bonds is 4. The summed E-state index contributed by atoms with van der Waals surface area (Å²) in [5.41, 5.74) is 0. The Hall–Kier alpha value is -0.0301. The number of aliphatic hydroxyl groups is 2. The lowest BCUT2D eigenvalue weighted by atomic mass is 9.87. The third-order valence-electron chi connectivity index (χ3n) is 3.66. The molecule has 0 amide bonds. The van der Waals surface area contributed by atoms with Crippen molar-refractivity contribution in [3.63, 3.8) is 0 Å². The Kier molecular flexibility index (Phi) is 4.53. The van der Waals surface area contributed by atoms with Crippen LogP contribution in [0.2, 0.25) is 0 Å². The highest BCUT2D eigenvalue weighted by atomic mass is 16.5. The van der Waals surface area contributed by atoms with Gasteiger partial charge in [-0.05, 0) is 31.6 Å². The smallest absolute Gasteiger partial charge is 0.109 e. The molecule has 4 nitrogen and oxygen atoms in total. The van der Waals surface area contributed by atoms with E-state index in [-0.39, 0.29) is 36.7 Å². The summed E-state index contributed by atoms with van der Waals surface area (Å²) in [7, 11) is 11.3. The molecule has 2 aliphatic rings. The summed E-state index contributed by atoms with van der Waals surface area (Å²) < 4.78 is 10.8. The Morgan fingerprint density at radius 2 is 1.65 bits per heavy atom. The molecule has 6 heteroatoms. The van der Waals surface area contributed by atoms with Crippen LogP contribution in [-0.4, -0.2) is 62.8 Å². The molecule has 2 fully saturated rings. The Labute approximate surface area is 104 Å². The molecule has 92 valence electrons. The summed E-state index contributed by atoms with van der Waals surface area (Å²) in [5, 5.41) is 18.9. The van der Waals surface area contributed by atoms with Gasteiger partial charge in [-0.25, -0.2) is 0 Å². The molecule has 6 unspecified atom stereocenters. The molecule has 0 aromatic heterocycles. The summed E-state index contributed by atoms with van der Waals surface area (Å²) in [6, 6.07) is -0.639. The molecule has 0 spiro atoms. The minimum atomic E-state index is -0.478. The van der Waals surface area contributed by atoms with Crippen LogP contribution in [0.1, 0.15) is 25.7 Å². The summed E-state index contributed by atoms with van der Waals surface area (Å²) in [6.07, 6.45) is 1.95. The Morgan fingerprint density at radius 1 is 1.00 bits per heavy atom. The number of ether oxygens (including phenoxy) is 2. The first-order valence-electron chi connectivity index (χ1n) is 6.21. The van der Waals surface area contributed by atoms with E-state index < -0.39 is 6.10 Å². The normalized spacial score (nSPS) is 46.5. The molecular weight excluding hydrogens is 218 g/mol. The number of hydrogen-bond acceptors (Lipinski definition) is 4. The lowest BCUT2D eigenvalue weighted by Gasteiger charge is -2.19. The van der Waals surface area contributed by atoms with Crippen molar-refractivity contribution >= 4 is 15.7 Å². The average Bonchev–Trinajstić information content (AvgIpc) is 2.78. The van der Waals surface area contributed by atoms with Gasteiger partial charge in [0, 0.05) is 12.0 Å². The van der Waals surface area contributed by atoms with Crippen LogP contribution < -0.4 is 0 Å². The fourth-order valence-corrected chi connectivity index (χ4v) is 2.74. The second-order valence-electron chi connectivity index (χ2n) is 4.98. The molecule has 0 aromatic rings. The van der Waals surface area contributed by atoms with Crippen LogP contribution in [0.4, 0.5) is 0 Å². The summed E-state index contributed by atoms with van der Waals surface area (Å²) in [4.78, 5) is 0. The van der Waals surface area contributed by atoms with Gasteiger partial charge in [-0.1, -0.05) is 0 Å². The second-order valence-corrected chi connectivity index (χ2v) is 4.98. The number of hydrogen-bond donors (Lipinski definition) is 2. The van der Waals surface area contributed by atoms with Crippen LogP contribution in [0.3, 0.4) is 0 Å². The summed E-state index contributed by atoms with van der Waals surface area (Å²) in [5.74, 6) is 0.239. The van der Waals surface area contributed by atoms with Crippen LogP contribution in [-0.2, 0) is 9.47 Å². The van der Waals surface area contributed by atoms with Gasteiger partial charge in [0.1, 0.15) is 15.7 Å². The SMILES string of the molecule is [B]C1CC(O)C(CCC2CC([B])OC2CO)O1. The predicted octanol–water partition coefficient (Wildman–Crippen LogP) is -0.697. The van der Waals surface area contributed by atoms with E-state index in [1.807, 2.05) is 0 Å². The first-order valence-corrected chi connectivity index (χ1v) is 6.21. The molecule has 2 aliphatic heterocycles. The van der Waals surface area contributed by atoms with E-state index in [0.717, 1.165) is 19.3 Å². The molecule has 0 aromatic carbocycles. The third kappa shape index (κ3) is 3.25. The molecule has 6 atom stereocenters. The molecule has 2 heterocycles. The van der Waals surface area contributed by atoms with Crippen molar-refractivity contribution in [3.05, 3.63) is 0 Å². The van der Waals surface area contributed by atoms with E-state index in [1.54, 1.807) is 0 Å². The highest BCUT2D eigenvalue weighted by Crippen LogP contribution is 2.31. The maximum Gasteiger partial charge on any atom is 0.109 e. The Bertz CT molecular complexity index is 254. The molecule has 17 heavy (non-hydrogen) atoms. The Morgan fingerprint density at radius 3 is 2.24 bits per heavy atom. The summed E-state index contributed by atoms with van der Waals surface area (Å²) >= 11 is 0. The molecule has 2 rings (SSSR count). The van der Waals surface area contributed by atoms with E-state index in [1.165, 1.54) is 0 Å². The second kappa shape index (κ2) is 5.74. The van der Waals surface area contributed by atoms with Crippen molar-refractivity contribution in [3.8, 4) is 0 Å². The molecule has 0 aliphatic carbocycles. The molecule has 0 saturated carbocycles. The van der Waals surface area contributed by atoms with E-state index in [0.29, 0.717) is 6.42 Å². The van der Waals surface area contributed by atoms with E-state index in [9.17, 15) is 5.11 Å². The molecular formula is C11H18B2O4. The van der Waals surface area contributed by atoms with E-state index in [2.05, 4.69) is 0 Å². The fraction of sp³-hybridized carbons (Fsp3) is 1.00. The lowest BCUT2D eigenvalue weighted by molar-refractivity contribution is 0.00717. The van der Waals surface area contributed by atoms with Gasteiger partial charge in [-0.15, -0.1) is 0 Å². The van der Waals surface area contributed by atoms with E-state index in [4.69, 9.17) is 30.3 Å². The maximum absolute atomic E-state index is 9.70. The van der Waals surface area contributed by atoms with Crippen molar-refractivity contribution in [1.29, 1.82) is 0 Å². The quantitative estimate of drug-likeness (QED) is 0.634. The first kappa shape index (κ1) is 13.4. The zero-order chi connectivity index (χ0) is 12.4. The summed E-state index contributed by atoms with van der Waals surface area (Å²) in [6.45, 7) is -0.00798. The van der Waals surface area contributed by atoms with Crippen molar-refractivity contribution in [2.24, 2.45) is 5.92 Å². The molecule has 0 bridgehead atoms. The zero-order valence-corrected chi connectivity index (χ0v) is 9.87. The maximum atomic E-state index is 9.70. The van der Waals surface area contributed by atoms with Gasteiger partial charge in [0.05, 0.1) is 24.9 Å². The largest absolute Gasteiger partial charge is 0.394 e. The lowest BCUT2D eigenvalue weighted by Crippen LogP contribution is -2.25. The Balaban J connectivity index is 1.78. The van der Waals surface area contributed by atoms with Gasteiger partial charge in [-0.2, -0.15) is 0 Å². The molecule has 2 N–H and O–H groups in total. The van der Waals surface area contributed by atoms with Crippen LogP contribution in [0.5, 0.6) is 0 Å². The molecule has 4 radical (unpaired) electrons. The minimum Gasteiger partial charge on any atom is -0.394 e. The van der Waals surface area contributed by atoms with Crippen molar-refractivity contribution < 1.29 is 19.7 Å². The standard InChI is InChI=1S/C11H18B2O4/c12-10-3-6(9(5-14)17-10)1-2-8-7(15)4-11(13)16-8/h6-11,14-15H,1-5H2. The van der Waals surface area contributed by atoms with Crippen molar-refractivity contribution in [1.82, 2.24) is 0 Å². The first-order chi connectivity index (χ1) is 8.10. The van der Waals surface area contributed by atoms with Crippen LogP contribution in [0.25, 0.3) is 0 Å². The van der Waals surface area contributed by atoms with Crippen LogP contribution >= 0.6 is 0 Å². The van der Waals surface area contributed by atoms with Crippen molar-refractivity contribution in [2.45, 2.75) is 56.0 Å². The zero-order valence-electron chi connectivity index (χ0n) is 9.87. The fourth-order valence-electron chi connectivity index (χ4n) is 2.74. The monoisotopic (exact) mass is 236 g/mol. The van der Waals surface area contributed by atoms with E-state index >= 15 is 0 Å². The van der Waals surface area contributed by atoms with Gasteiger partial charge < -0.3 is 19.7 Å². The predicted molar refractivity (Wildman–Crippen MR) is 63.9 cm³/mol. The highest BCUT2D eigenvalue weighted by molar-refractivity contribution is 6.11. The molecule has 2 saturated heterocycles. The third-order valence-corrected chi connectivity index (χ3v) is 3.66. The van der Waals surface area contributed by atoms with Gasteiger partial charge in [0.15, 0.2) is 0 Å². The van der Waals surface area contributed by atoms with Crippen LogP contribution in [0, 0.1) is 5.92 Å². The highest BCUT2D eigenvalue weighted by Gasteiger charge is 2.35. The van der Waals surface area contributed by atoms with Crippen LogP contribution in [0.15, 0.2) is 0 Å². The van der Waals surface area contributed by atoms with Gasteiger partial charge >= 0.3 is 0 Å². The average molecular weight is 236 g/mol. The van der Waals surface area contributed by atoms with Gasteiger partial charge in [0.25, 0.3) is 0 Å². The topological polar surface area (TPSA) is 58.9 Å². The van der Waals surface area contributed by atoms with Gasteiger partial charge in [-0.3, -0.25) is 0 Å². The minimum absolute atomic E-state index is 0.00798. The van der Waals surface area contributed by atoms with Gasteiger partial charge in [0.2, 0.25) is 0 Å².